The van der Waals surface area contributed by atoms with Crippen molar-refractivity contribution in [1.29, 1.82) is 0 Å². The molecular weight excluding hydrogens is 523 g/mol. The van der Waals surface area contributed by atoms with Gasteiger partial charge in [-0.15, -0.1) is 0 Å². The number of piperidine rings is 1. The van der Waals surface area contributed by atoms with Crippen LogP contribution in [0.15, 0.2) is 47.6 Å². The average molecular weight is 547 g/mol. The third kappa shape index (κ3) is 5.84. The maximum absolute atomic E-state index is 13.3. The van der Waals surface area contributed by atoms with Gasteiger partial charge in [0.25, 0.3) is 0 Å². The van der Waals surface area contributed by atoms with E-state index in [1.165, 1.54) is 0 Å². The molecule has 2 aliphatic rings. The normalized spacial score (nSPS) is 20.2. The highest BCUT2D eigenvalue weighted by Gasteiger charge is 2.40. The van der Waals surface area contributed by atoms with E-state index in [1.54, 1.807) is 35.3 Å². The fraction of sp³-hybridized carbons (Fsp3) is 0.364. The van der Waals surface area contributed by atoms with Crippen molar-refractivity contribution in [1.82, 2.24) is 5.43 Å². The van der Waals surface area contributed by atoms with Crippen molar-refractivity contribution in [2.45, 2.75) is 31.7 Å². The lowest BCUT2D eigenvalue weighted by Crippen LogP contribution is -2.65. The van der Waals surface area contributed by atoms with E-state index in [4.69, 9.17) is 34.8 Å². The summed E-state index contributed by atoms with van der Waals surface area (Å²) in [6, 6.07) is 11.9. The molecule has 0 aliphatic carbocycles. The molecule has 1 amide bonds. The number of anilines is 1. The molecule has 0 spiro atoms. The van der Waals surface area contributed by atoms with Gasteiger partial charge in [0.15, 0.2) is 0 Å². The van der Waals surface area contributed by atoms with Crippen LogP contribution in [0.4, 0.5) is 5.69 Å². The standard InChI is InChI=1S/C22H23Cl3N4O4S/c23-16-6-4-15(5-7-16)21-13-19(26-28(21)20-9-8-17(24)12-18(20)25)22(30)27-29(14-34(31,32)33)10-2-1-3-11-29/h4-9,12,21H,1-3,10-11,13-14H2,(H-,27,30,31,32,33)/p+1/t21-/m0/s1. The molecule has 8 nitrogen and oxygen atoms in total. The molecule has 1 fully saturated rings. The smallest absolute Gasteiger partial charge is 0.281 e. The Morgan fingerprint density at radius 3 is 2.32 bits per heavy atom. The Bertz CT molecular complexity index is 1220. The number of benzene rings is 2. The van der Waals surface area contributed by atoms with Crippen LogP contribution in [0.2, 0.25) is 15.1 Å². The molecule has 0 radical (unpaired) electrons. The highest BCUT2D eigenvalue weighted by Crippen LogP contribution is 2.40. The van der Waals surface area contributed by atoms with Gasteiger partial charge in [0.05, 0.1) is 16.8 Å². The minimum atomic E-state index is -4.31. The predicted molar refractivity (Wildman–Crippen MR) is 134 cm³/mol. The van der Waals surface area contributed by atoms with Crippen LogP contribution in [0.25, 0.3) is 0 Å². The molecular formula is C22H24Cl3N4O4S+. The molecule has 0 unspecified atom stereocenters. The van der Waals surface area contributed by atoms with E-state index in [2.05, 4.69) is 10.5 Å². The van der Waals surface area contributed by atoms with Gasteiger partial charge in [-0.3, -0.25) is 14.4 Å². The number of hydrogen-bond acceptors (Lipinski definition) is 5. The number of halogens is 3. The maximum Gasteiger partial charge on any atom is 0.318 e. The first kappa shape index (κ1) is 25.2. The lowest BCUT2D eigenvalue weighted by molar-refractivity contribution is -0.954. The summed E-state index contributed by atoms with van der Waals surface area (Å²) in [6.45, 7) is 0.818. The zero-order valence-electron chi connectivity index (χ0n) is 18.1. The quantitative estimate of drug-likeness (QED) is 0.399. The number of rotatable bonds is 6. The summed E-state index contributed by atoms with van der Waals surface area (Å²) in [5.41, 5.74) is 4.51. The summed E-state index contributed by atoms with van der Waals surface area (Å²) in [6.07, 6.45) is 2.67. The molecule has 0 bridgehead atoms. The highest BCUT2D eigenvalue weighted by atomic mass is 35.5. The summed E-state index contributed by atoms with van der Waals surface area (Å²) in [5, 5.41) is 7.68. The molecule has 2 N–H and O–H groups in total. The zero-order chi connectivity index (χ0) is 24.5. The fourth-order valence-corrected chi connectivity index (χ4v) is 6.03. The molecule has 1 saturated heterocycles. The van der Waals surface area contributed by atoms with Gasteiger partial charge in [-0.1, -0.05) is 46.9 Å². The number of amides is 1. The van der Waals surface area contributed by atoms with Crippen LogP contribution < -0.4 is 10.4 Å². The largest absolute Gasteiger partial charge is 0.318 e. The monoisotopic (exact) mass is 545 g/mol. The fourth-order valence-electron chi connectivity index (χ4n) is 4.46. The molecule has 2 aromatic carbocycles. The summed E-state index contributed by atoms with van der Waals surface area (Å²) < 4.78 is 32.6. The summed E-state index contributed by atoms with van der Waals surface area (Å²) in [5.74, 6) is -1.07. The Balaban J connectivity index is 1.66. The van der Waals surface area contributed by atoms with Crippen molar-refractivity contribution < 1.29 is 22.4 Å². The number of carbonyl (C=O) groups is 1. The number of nitrogens with one attached hydrogen (secondary N) is 1. The highest BCUT2D eigenvalue weighted by molar-refractivity contribution is 7.85. The molecule has 12 heteroatoms. The molecule has 0 saturated carbocycles. The minimum absolute atomic E-state index is 0.226. The molecule has 34 heavy (non-hydrogen) atoms. The van der Waals surface area contributed by atoms with Gasteiger partial charge in [-0.05, 0) is 55.2 Å². The van der Waals surface area contributed by atoms with Gasteiger partial charge in [-0.2, -0.15) is 18.9 Å². The van der Waals surface area contributed by atoms with Crippen molar-refractivity contribution in [3.63, 3.8) is 0 Å². The minimum Gasteiger partial charge on any atom is -0.281 e. The van der Waals surface area contributed by atoms with E-state index in [9.17, 15) is 17.8 Å². The second kappa shape index (κ2) is 10.0. The van der Waals surface area contributed by atoms with Crippen LogP contribution in [0, 0.1) is 0 Å². The maximum atomic E-state index is 13.3. The van der Waals surface area contributed by atoms with Crippen LogP contribution in [-0.4, -0.2) is 48.1 Å². The van der Waals surface area contributed by atoms with Crippen molar-refractivity contribution in [2.24, 2.45) is 5.10 Å². The molecule has 1 atom stereocenters. The van der Waals surface area contributed by atoms with Gasteiger partial charge in [0.1, 0.15) is 18.8 Å². The van der Waals surface area contributed by atoms with Gasteiger partial charge in [-0.25, -0.2) is 4.59 Å². The number of nitrogens with zero attached hydrogens (tertiary/aromatic N) is 3. The first-order valence-corrected chi connectivity index (χ1v) is 13.5. The van der Waals surface area contributed by atoms with E-state index in [-0.39, 0.29) is 22.8 Å². The second-order valence-electron chi connectivity index (χ2n) is 8.56. The third-order valence-electron chi connectivity index (χ3n) is 6.01. The molecule has 0 aromatic heterocycles. The summed E-state index contributed by atoms with van der Waals surface area (Å²) >= 11 is 18.6. The Labute approximate surface area is 213 Å². The second-order valence-corrected chi connectivity index (χ2v) is 11.3. The number of hydrogen-bond donors (Lipinski definition) is 2. The molecule has 4 rings (SSSR count). The van der Waals surface area contributed by atoms with Crippen molar-refractivity contribution >= 4 is 62.2 Å². The van der Waals surface area contributed by atoms with Crippen molar-refractivity contribution in [3.05, 3.63) is 63.1 Å². The Morgan fingerprint density at radius 2 is 1.71 bits per heavy atom. The van der Waals surface area contributed by atoms with Gasteiger partial charge in [0, 0.05) is 16.5 Å². The van der Waals surface area contributed by atoms with Crippen LogP contribution in [0.5, 0.6) is 0 Å². The first-order valence-electron chi connectivity index (χ1n) is 10.8. The SMILES string of the molecule is O=C(N[N+]1(CS(=O)(=O)O)CCCCC1)C1=NN(c2ccc(Cl)cc2Cl)[C@H](c2ccc(Cl)cc2)C1. The Kier molecular flexibility index (Phi) is 7.42. The van der Waals surface area contributed by atoms with Gasteiger partial charge < -0.3 is 0 Å². The Morgan fingerprint density at radius 1 is 1.06 bits per heavy atom. The summed E-state index contributed by atoms with van der Waals surface area (Å²) in [7, 11) is -4.31. The predicted octanol–water partition coefficient (Wildman–Crippen LogP) is 4.83. The molecule has 182 valence electrons. The van der Waals surface area contributed by atoms with E-state index in [0.29, 0.717) is 33.8 Å². The third-order valence-corrected chi connectivity index (χ3v) is 7.62. The topological polar surface area (TPSA) is 99.1 Å². The van der Waals surface area contributed by atoms with E-state index >= 15 is 0 Å². The van der Waals surface area contributed by atoms with Crippen LogP contribution in [0.3, 0.4) is 0 Å². The lowest BCUT2D eigenvalue weighted by atomic mass is 10.0. The van der Waals surface area contributed by atoms with Gasteiger partial charge in [0.2, 0.25) is 5.88 Å². The number of likely N-dealkylation sites (tertiary alicyclic amines) is 1. The van der Waals surface area contributed by atoms with Gasteiger partial charge >= 0.3 is 16.0 Å². The van der Waals surface area contributed by atoms with Crippen molar-refractivity contribution in [3.8, 4) is 0 Å². The molecule has 2 heterocycles. The number of hydrazone groups is 1. The van der Waals surface area contributed by atoms with E-state index in [0.717, 1.165) is 24.8 Å². The average Bonchev–Trinajstić information content (AvgIpc) is 3.19. The van der Waals surface area contributed by atoms with Crippen LogP contribution in [-0.2, 0) is 14.9 Å². The first-order chi connectivity index (χ1) is 16.1. The van der Waals surface area contributed by atoms with E-state index < -0.39 is 21.9 Å². The lowest BCUT2D eigenvalue weighted by Gasteiger charge is -2.38. The molecule has 2 aliphatic heterocycles. The molecule has 2 aromatic rings. The zero-order valence-corrected chi connectivity index (χ0v) is 21.2. The number of carbonyl (C=O) groups excluding carboxylic acids is 1. The van der Waals surface area contributed by atoms with Crippen molar-refractivity contribution in [2.75, 3.05) is 24.0 Å². The summed E-state index contributed by atoms with van der Waals surface area (Å²) in [4.78, 5) is 13.3. The van der Waals surface area contributed by atoms with Crippen LogP contribution in [0.1, 0.15) is 37.3 Å². The Hall–Kier alpha value is -1.88. The van der Waals surface area contributed by atoms with E-state index in [1.807, 2.05) is 12.1 Å². The number of quaternary nitrogens is 1. The van der Waals surface area contributed by atoms with Crippen LogP contribution >= 0.6 is 34.8 Å².